The molecule has 2 aliphatic rings. The molecule has 0 atom stereocenters. The number of halogens is 1. The number of piperazine rings is 1. The largest absolute Gasteiger partial charge is 0.493 e. The summed E-state index contributed by atoms with van der Waals surface area (Å²) in [7, 11) is 1.68. The molecular formula is C21H30IN5O2S. The molecule has 0 radical (unpaired) electrons. The van der Waals surface area contributed by atoms with Crippen LogP contribution in [0.25, 0.3) is 0 Å². The minimum atomic E-state index is 0. The van der Waals surface area contributed by atoms with E-state index >= 15 is 0 Å². The van der Waals surface area contributed by atoms with E-state index in [1.54, 1.807) is 18.4 Å². The maximum Gasteiger partial charge on any atom is 0.191 e. The Bertz CT molecular complexity index is 819. The van der Waals surface area contributed by atoms with Crippen molar-refractivity contribution in [3.05, 3.63) is 35.3 Å². The fourth-order valence-corrected chi connectivity index (χ4v) is 4.57. The molecule has 164 valence electrons. The van der Waals surface area contributed by atoms with Crippen molar-refractivity contribution in [3.63, 3.8) is 0 Å². The van der Waals surface area contributed by atoms with Gasteiger partial charge in [-0.25, -0.2) is 9.98 Å². The summed E-state index contributed by atoms with van der Waals surface area (Å²) >= 11 is 1.67. The van der Waals surface area contributed by atoms with Gasteiger partial charge in [0.25, 0.3) is 0 Å². The van der Waals surface area contributed by atoms with Gasteiger partial charge in [0.05, 0.1) is 19.8 Å². The lowest BCUT2D eigenvalue weighted by atomic mass is 10.2. The monoisotopic (exact) mass is 543 g/mol. The molecule has 30 heavy (non-hydrogen) atoms. The van der Waals surface area contributed by atoms with E-state index in [1.165, 1.54) is 12.8 Å². The average Bonchev–Trinajstić information content (AvgIpc) is 3.47. The number of hydrogen-bond acceptors (Lipinski definition) is 6. The standard InChI is InChI=1S/C21H29N5O2S.HI/c1-27-18-7-6-16(14-19(18)28-17-4-2-3-5-17)15-24-20(22)25-9-11-26(12-10-25)21-23-8-13-29-21;/h6-8,13-14,17H,2-5,9-12,15H2,1H3,(H2,22,24);1H. The summed E-state index contributed by atoms with van der Waals surface area (Å²) in [6.07, 6.45) is 6.85. The number of thiazole rings is 1. The summed E-state index contributed by atoms with van der Waals surface area (Å²) < 4.78 is 11.7. The van der Waals surface area contributed by atoms with Crippen LogP contribution in [-0.2, 0) is 6.54 Å². The van der Waals surface area contributed by atoms with Gasteiger partial charge in [-0.3, -0.25) is 0 Å². The molecule has 9 heteroatoms. The predicted molar refractivity (Wildman–Crippen MR) is 133 cm³/mol. The molecule has 1 aliphatic carbocycles. The number of anilines is 1. The van der Waals surface area contributed by atoms with E-state index in [1.807, 2.05) is 29.8 Å². The second-order valence-corrected chi connectivity index (χ2v) is 8.35. The number of guanidine groups is 1. The summed E-state index contributed by atoms with van der Waals surface area (Å²) in [6, 6.07) is 6.02. The van der Waals surface area contributed by atoms with Gasteiger partial charge in [-0.1, -0.05) is 6.07 Å². The summed E-state index contributed by atoms with van der Waals surface area (Å²) in [5.41, 5.74) is 7.35. The molecule has 2 aromatic rings. The molecule has 0 amide bonds. The number of aliphatic imine (C=N–C) groups is 1. The van der Waals surface area contributed by atoms with Gasteiger partial charge in [0.2, 0.25) is 0 Å². The number of hydrogen-bond donors (Lipinski definition) is 1. The van der Waals surface area contributed by atoms with Crippen LogP contribution in [0.15, 0.2) is 34.8 Å². The van der Waals surface area contributed by atoms with E-state index in [4.69, 9.17) is 15.2 Å². The zero-order chi connectivity index (χ0) is 20.1. The van der Waals surface area contributed by atoms with Crippen molar-refractivity contribution < 1.29 is 9.47 Å². The maximum atomic E-state index is 6.28. The summed E-state index contributed by atoms with van der Waals surface area (Å²) in [5, 5.41) is 3.09. The molecule has 7 nitrogen and oxygen atoms in total. The fourth-order valence-electron chi connectivity index (χ4n) is 3.87. The molecule has 1 saturated heterocycles. The van der Waals surface area contributed by atoms with Crippen LogP contribution in [0.5, 0.6) is 11.5 Å². The van der Waals surface area contributed by atoms with E-state index in [0.717, 1.165) is 61.2 Å². The highest BCUT2D eigenvalue weighted by atomic mass is 127. The molecule has 0 bridgehead atoms. The van der Waals surface area contributed by atoms with Crippen molar-refractivity contribution >= 4 is 46.4 Å². The van der Waals surface area contributed by atoms with Crippen LogP contribution in [0.1, 0.15) is 31.2 Å². The number of nitrogens with two attached hydrogens (primary N) is 1. The van der Waals surface area contributed by atoms with Gasteiger partial charge in [0, 0.05) is 37.8 Å². The van der Waals surface area contributed by atoms with Crippen LogP contribution in [0.4, 0.5) is 5.13 Å². The zero-order valence-corrected chi connectivity index (χ0v) is 20.5. The highest BCUT2D eigenvalue weighted by molar-refractivity contribution is 14.0. The van der Waals surface area contributed by atoms with Crippen molar-refractivity contribution in [1.29, 1.82) is 0 Å². The van der Waals surface area contributed by atoms with Crippen molar-refractivity contribution in [2.24, 2.45) is 10.7 Å². The third kappa shape index (κ3) is 5.69. The molecule has 1 aromatic carbocycles. The number of nitrogens with zero attached hydrogens (tertiary/aromatic N) is 4. The van der Waals surface area contributed by atoms with Crippen LogP contribution in [0.3, 0.4) is 0 Å². The van der Waals surface area contributed by atoms with Crippen molar-refractivity contribution in [1.82, 2.24) is 9.88 Å². The van der Waals surface area contributed by atoms with Crippen molar-refractivity contribution in [3.8, 4) is 11.5 Å². The Kier molecular flexibility index (Phi) is 8.43. The van der Waals surface area contributed by atoms with E-state index in [-0.39, 0.29) is 24.0 Å². The van der Waals surface area contributed by atoms with Gasteiger partial charge in [-0.05, 0) is 43.4 Å². The van der Waals surface area contributed by atoms with Crippen molar-refractivity contribution in [2.75, 3.05) is 38.2 Å². The highest BCUT2D eigenvalue weighted by Crippen LogP contribution is 2.32. The van der Waals surface area contributed by atoms with Gasteiger partial charge >= 0.3 is 0 Å². The molecule has 2 N–H and O–H groups in total. The van der Waals surface area contributed by atoms with E-state index in [2.05, 4.69) is 19.8 Å². The van der Waals surface area contributed by atoms with E-state index in [0.29, 0.717) is 18.6 Å². The lowest BCUT2D eigenvalue weighted by molar-refractivity contribution is 0.200. The van der Waals surface area contributed by atoms with Gasteiger partial charge in [0.1, 0.15) is 0 Å². The Labute approximate surface area is 199 Å². The van der Waals surface area contributed by atoms with Crippen LogP contribution in [0.2, 0.25) is 0 Å². The molecule has 0 unspecified atom stereocenters. The third-order valence-corrected chi connectivity index (χ3v) is 6.37. The van der Waals surface area contributed by atoms with E-state index in [9.17, 15) is 0 Å². The quantitative estimate of drug-likeness (QED) is 0.340. The Balaban J connectivity index is 0.00000256. The second kappa shape index (κ2) is 11.0. The Hall–Kier alpha value is -1.75. The molecule has 2 fully saturated rings. The lowest BCUT2D eigenvalue weighted by Gasteiger charge is -2.35. The first-order chi connectivity index (χ1) is 14.2. The molecular weight excluding hydrogens is 513 g/mol. The maximum absolute atomic E-state index is 6.28. The topological polar surface area (TPSA) is 76.2 Å². The molecule has 2 heterocycles. The Morgan fingerprint density at radius 1 is 1.20 bits per heavy atom. The minimum Gasteiger partial charge on any atom is -0.493 e. The first kappa shape index (κ1) is 22.9. The highest BCUT2D eigenvalue weighted by Gasteiger charge is 2.20. The minimum absolute atomic E-state index is 0. The molecule has 1 saturated carbocycles. The molecule has 0 spiro atoms. The average molecular weight is 543 g/mol. The summed E-state index contributed by atoms with van der Waals surface area (Å²) in [5.74, 6) is 2.18. The van der Waals surface area contributed by atoms with Crippen LogP contribution < -0.4 is 20.1 Å². The van der Waals surface area contributed by atoms with Gasteiger partial charge in [-0.15, -0.1) is 35.3 Å². The number of benzene rings is 1. The third-order valence-electron chi connectivity index (χ3n) is 5.54. The zero-order valence-electron chi connectivity index (χ0n) is 17.3. The number of ether oxygens (including phenoxy) is 2. The Morgan fingerprint density at radius 3 is 2.63 bits per heavy atom. The molecule has 1 aliphatic heterocycles. The number of aromatic nitrogens is 1. The van der Waals surface area contributed by atoms with Crippen LogP contribution in [0, 0.1) is 0 Å². The SMILES string of the molecule is COc1ccc(CN=C(N)N2CCN(c3nccs3)CC2)cc1OC1CCCC1.I. The lowest BCUT2D eigenvalue weighted by Crippen LogP contribution is -2.51. The van der Waals surface area contributed by atoms with Gasteiger partial charge in [0.15, 0.2) is 22.6 Å². The first-order valence-corrected chi connectivity index (χ1v) is 11.1. The number of methoxy groups -OCH3 is 1. The van der Waals surface area contributed by atoms with Gasteiger partial charge in [-0.2, -0.15) is 0 Å². The van der Waals surface area contributed by atoms with Crippen molar-refractivity contribution in [2.45, 2.75) is 38.3 Å². The first-order valence-electron chi connectivity index (χ1n) is 10.3. The van der Waals surface area contributed by atoms with Crippen LogP contribution in [-0.4, -0.2) is 55.2 Å². The van der Waals surface area contributed by atoms with E-state index < -0.39 is 0 Å². The second-order valence-electron chi connectivity index (χ2n) is 7.47. The Morgan fingerprint density at radius 2 is 1.97 bits per heavy atom. The van der Waals surface area contributed by atoms with Crippen LogP contribution >= 0.6 is 35.3 Å². The normalized spacial score (nSPS) is 17.7. The predicted octanol–water partition coefficient (Wildman–Crippen LogP) is 3.73. The summed E-state index contributed by atoms with van der Waals surface area (Å²) in [6.45, 7) is 4.06. The fraction of sp³-hybridized carbons (Fsp3) is 0.524. The molecule has 4 rings (SSSR count). The number of rotatable bonds is 6. The molecule has 1 aromatic heterocycles. The van der Waals surface area contributed by atoms with Gasteiger partial charge < -0.3 is 25.0 Å². The summed E-state index contributed by atoms with van der Waals surface area (Å²) in [4.78, 5) is 13.5. The smallest absolute Gasteiger partial charge is 0.191 e.